The lowest BCUT2D eigenvalue weighted by molar-refractivity contribution is -0.159. The first-order valence-electron chi connectivity index (χ1n) is 8.92. The number of thiol groups is 2. The van der Waals surface area contributed by atoms with E-state index in [2.05, 4.69) is 39.1 Å². The van der Waals surface area contributed by atoms with Crippen LogP contribution in [0.25, 0.3) is 0 Å². The molecule has 2 fully saturated rings. The van der Waals surface area contributed by atoms with Gasteiger partial charge in [-0.2, -0.15) is 0 Å². The Balaban J connectivity index is 1.64. The van der Waals surface area contributed by atoms with Gasteiger partial charge in [0.2, 0.25) is 0 Å². The van der Waals surface area contributed by atoms with Crippen LogP contribution >= 0.6 is 25.3 Å². The van der Waals surface area contributed by atoms with E-state index in [1.54, 1.807) is 0 Å². The molecule has 0 N–H and O–H groups in total. The SMILES string of the molecule is CC1C2CC(CC(=O)OC(C)(C)c3cc(S)cc(S)c3)C(C2)C1C. The summed E-state index contributed by atoms with van der Waals surface area (Å²) in [6.07, 6.45) is 3.04. The van der Waals surface area contributed by atoms with E-state index in [0.29, 0.717) is 18.3 Å². The van der Waals surface area contributed by atoms with Crippen molar-refractivity contribution >= 4 is 31.2 Å². The third-order valence-electron chi connectivity index (χ3n) is 6.43. The third-order valence-corrected chi connectivity index (χ3v) is 6.95. The second-order valence-electron chi connectivity index (χ2n) is 8.30. The van der Waals surface area contributed by atoms with Crippen LogP contribution in [-0.4, -0.2) is 5.97 Å². The molecule has 0 radical (unpaired) electrons. The first kappa shape index (κ1) is 18.2. The van der Waals surface area contributed by atoms with Crippen LogP contribution in [0.3, 0.4) is 0 Å². The van der Waals surface area contributed by atoms with Crippen LogP contribution in [0.4, 0.5) is 0 Å². The summed E-state index contributed by atoms with van der Waals surface area (Å²) in [7, 11) is 0. The number of carbonyl (C=O) groups excluding carboxylic acids is 1. The minimum Gasteiger partial charge on any atom is -0.455 e. The largest absolute Gasteiger partial charge is 0.455 e. The summed E-state index contributed by atoms with van der Waals surface area (Å²) in [6, 6.07) is 5.76. The normalized spacial score (nSPS) is 32.2. The molecule has 5 atom stereocenters. The van der Waals surface area contributed by atoms with E-state index < -0.39 is 5.60 Å². The summed E-state index contributed by atoms with van der Waals surface area (Å²) in [5.41, 5.74) is 0.271. The highest BCUT2D eigenvalue weighted by Gasteiger charge is 2.49. The van der Waals surface area contributed by atoms with Gasteiger partial charge in [-0.1, -0.05) is 13.8 Å². The molecule has 2 nitrogen and oxygen atoms in total. The Morgan fingerprint density at radius 3 is 2.29 bits per heavy atom. The number of hydrogen-bond acceptors (Lipinski definition) is 4. The van der Waals surface area contributed by atoms with E-state index >= 15 is 0 Å². The topological polar surface area (TPSA) is 26.3 Å². The molecule has 1 aromatic carbocycles. The van der Waals surface area contributed by atoms with E-state index in [4.69, 9.17) is 4.74 Å². The van der Waals surface area contributed by atoms with Crippen LogP contribution in [0.2, 0.25) is 0 Å². The zero-order chi connectivity index (χ0) is 17.6. The molecular formula is C20H28O2S2. The number of fused-ring (bicyclic) bond motifs is 2. The highest BCUT2D eigenvalue weighted by atomic mass is 32.1. The van der Waals surface area contributed by atoms with E-state index in [1.807, 2.05) is 32.0 Å². The Labute approximate surface area is 156 Å². The van der Waals surface area contributed by atoms with Crippen LogP contribution in [0.15, 0.2) is 28.0 Å². The first-order valence-corrected chi connectivity index (χ1v) is 9.82. The summed E-state index contributed by atoms with van der Waals surface area (Å²) in [6.45, 7) is 8.59. The van der Waals surface area contributed by atoms with Gasteiger partial charge in [-0.25, -0.2) is 0 Å². The van der Waals surface area contributed by atoms with E-state index in [9.17, 15) is 4.79 Å². The van der Waals surface area contributed by atoms with Crippen molar-refractivity contribution in [2.45, 2.75) is 62.3 Å². The molecule has 2 bridgehead atoms. The number of hydrogen-bond donors (Lipinski definition) is 2. The van der Waals surface area contributed by atoms with Gasteiger partial charge in [-0.3, -0.25) is 4.79 Å². The summed E-state index contributed by atoms with van der Waals surface area (Å²) in [5, 5.41) is 0. The number of benzene rings is 1. The predicted molar refractivity (Wildman–Crippen MR) is 103 cm³/mol. The maximum Gasteiger partial charge on any atom is 0.306 e. The quantitative estimate of drug-likeness (QED) is 0.555. The van der Waals surface area contributed by atoms with Crippen LogP contribution in [-0.2, 0) is 15.1 Å². The molecule has 0 saturated heterocycles. The number of esters is 1. The lowest BCUT2D eigenvalue weighted by Gasteiger charge is -2.32. The average molecular weight is 365 g/mol. The molecule has 24 heavy (non-hydrogen) atoms. The molecule has 3 rings (SSSR count). The summed E-state index contributed by atoms with van der Waals surface area (Å²) < 4.78 is 5.86. The van der Waals surface area contributed by atoms with Gasteiger partial charge in [0.25, 0.3) is 0 Å². The molecule has 2 saturated carbocycles. The maximum absolute atomic E-state index is 12.6. The first-order chi connectivity index (χ1) is 11.2. The van der Waals surface area contributed by atoms with Crippen LogP contribution < -0.4 is 0 Å². The van der Waals surface area contributed by atoms with Crippen LogP contribution in [0.1, 0.15) is 52.5 Å². The Kier molecular flexibility index (Phi) is 5.00. The number of rotatable bonds is 4. The highest BCUT2D eigenvalue weighted by molar-refractivity contribution is 7.81. The van der Waals surface area contributed by atoms with Crippen LogP contribution in [0, 0.1) is 29.6 Å². The lowest BCUT2D eigenvalue weighted by Crippen LogP contribution is -2.30. The lowest BCUT2D eigenvalue weighted by atomic mass is 9.74. The molecule has 132 valence electrons. The number of carbonyl (C=O) groups is 1. The van der Waals surface area contributed by atoms with Crippen molar-refractivity contribution in [1.82, 2.24) is 0 Å². The predicted octanol–water partition coefficient (Wildman–Crippen LogP) is 5.36. The fraction of sp³-hybridized carbons (Fsp3) is 0.650. The molecule has 0 heterocycles. The second kappa shape index (κ2) is 6.60. The van der Waals surface area contributed by atoms with Crippen LogP contribution in [0.5, 0.6) is 0 Å². The second-order valence-corrected chi connectivity index (χ2v) is 9.33. The molecular weight excluding hydrogens is 336 g/mol. The summed E-state index contributed by atoms with van der Waals surface area (Å²) in [4.78, 5) is 14.2. The van der Waals surface area contributed by atoms with Gasteiger partial charge in [0.1, 0.15) is 5.60 Å². The fourth-order valence-electron chi connectivity index (χ4n) is 4.87. The van der Waals surface area contributed by atoms with E-state index in [-0.39, 0.29) is 5.97 Å². The minimum absolute atomic E-state index is 0.0808. The van der Waals surface area contributed by atoms with Crippen molar-refractivity contribution in [1.29, 1.82) is 0 Å². The van der Waals surface area contributed by atoms with Gasteiger partial charge >= 0.3 is 5.97 Å². The number of ether oxygens (including phenoxy) is 1. The van der Waals surface area contributed by atoms with Gasteiger partial charge < -0.3 is 4.74 Å². The van der Waals surface area contributed by atoms with Gasteiger partial charge in [-0.05, 0) is 80.0 Å². The average Bonchev–Trinajstić information content (AvgIpc) is 2.97. The summed E-state index contributed by atoms with van der Waals surface area (Å²) >= 11 is 8.80. The third kappa shape index (κ3) is 3.50. The minimum atomic E-state index is -0.663. The van der Waals surface area contributed by atoms with Gasteiger partial charge in [0.15, 0.2) is 0 Å². The molecule has 2 aliphatic carbocycles. The Bertz CT molecular complexity index is 618. The molecule has 5 unspecified atom stereocenters. The molecule has 0 aliphatic heterocycles. The monoisotopic (exact) mass is 364 g/mol. The zero-order valence-electron chi connectivity index (χ0n) is 15.0. The molecule has 0 amide bonds. The standard InChI is InChI=1S/C20H28O2S2/c1-11-12(2)18-6-13(11)5-14(18)7-19(21)22-20(3,4)15-8-16(23)10-17(24)9-15/h8-14,18,23-24H,5-7H2,1-4H3. The fourth-order valence-corrected chi connectivity index (χ4v) is 5.53. The molecule has 0 aromatic heterocycles. The molecule has 1 aromatic rings. The van der Waals surface area contributed by atoms with Crippen molar-refractivity contribution in [3.05, 3.63) is 23.8 Å². The van der Waals surface area contributed by atoms with Gasteiger partial charge in [0.05, 0.1) is 0 Å². The van der Waals surface area contributed by atoms with Gasteiger partial charge in [-0.15, -0.1) is 25.3 Å². The van der Waals surface area contributed by atoms with Crippen molar-refractivity contribution in [3.63, 3.8) is 0 Å². The van der Waals surface area contributed by atoms with Crippen molar-refractivity contribution < 1.29 is 9.53 Å². The Morgan fingerprint density at radius 1 is 1.12 bits per heavy atom. The van der Waals surface area contributed by atoms with Crippen molar-refractivity contribution in [2.75, 3.05) is 0 Å². The van der Waals surface area contributed by atoms with Gasteiger partial charge in [0, 0.05) is 16.2 Å². The smallest absolute Gasteiger partial charge is 0.306 e. The Morgan fingerprint density at radius 2 is 1.75 bits per heavy atom. The molecule has 4 heteroatoms. The molecule has 2 aliphatic rings. The van der Waals surface area contributed by atoms with E-state index in [0.717, 1.165) is 33.1 Å². The maximum atomic E-state index is 12.6. The van der Waals surface area contributed by atoms with E-state index in [1.165, 1.54) is 12.8 Å². The Hall–Kier alpha value is -0.610. The van der Waals surface area contributed by atoms with Crippen molar-refractivity contribution in [2.24, 2.45) is 29.6 Å². The molecule has 0 spiro atoms. The summed E-state index contributed by atoms with van der Waals surface area (Å²) in [5.74, 6) is 3.48. The zero-order valence-corrected chi connectivity index (χ0v) is 16.7. The highest BCUT2D eigenvalue weighted by Crippen LogP contribution is 2.56. The van der Waals surface area contributed by atoms with Crippen molar-refractivity contribution in [3.8, 4) is 0 Å².